The highest BCUT2D eigenvalue weighted by atomic mass is 32.1. The Hall–Kier alpha value is -1.88. The molecule has 1 aromatic heterocycles. The molecule has 0 N–H and O–H groups in total. The molecule has 5 heteroatoms. The number of piperidine rings is 1. The van der Waals surface area contributed by atoms with Crippen molar-refractivity contribution in [3.05, 3.63) is 40.7 Å². The minimum Gasteiger partial charge on any atom is -0.496 e. The van der Waals surface area contributed by atoms with Crippen LogP contribution in [0.2, 0.25) is 0 Å². The molecule has 2 aromatic rings. The van der Waals surface area contributed by atoms with Gasteiger partial charge in [-0.05, 0) is 31.4 Å². The van der Waals surface area contributed by atoms with Gasteiger partial charge in [-0.3, -0.25) is 4.79 Å². The van der Waals surface area contributed by atoms with Crippen LogP contribution in [0.3, 0.4) is 0 Å². The molecule has 3 rings (SSSR count). The van der Waals surface area contributed by atoms with Crippen molar-refractivity contribution in [3.63, 3.8) is 0 Å². The number of aromatic nitrogens is 1. The van der Waals surface area contributed by atoms with Crippen molar-refractivity contribution in [1.82, 2.24) is 4.98 Å². The molecule has 0 radical (unpaired) electrons. The maximum Gasteiger partial charge on any atom is 0.273 e. The quantitative estimate of drug-likeness (QED) is 0.873. The van der Waals surface area contributed by atoms with E-state index in [0.717, 1.165) is 34.4 Å². The van der Waals surface area contributed by atoms with Crippen molar-refractivity contribution in [3.8, 4) is 16.2 Å². The van der Waals surface area contributed by atoms with Crippen molar-refractivity contribution in [2.45, 2.75) is 19.3 Å². The Morgan fingerprint density at radius 2 is 1.95 bits per heavy atom. The number of hydrogen-bond donors (Lipinski definition) is 0. The third-order valence-corrected chi connectivity index (χ3v) is 4.75. The number of para-hydroxylation sites is 1. The van der Waals surface area contributed by atoms with Gasteiger partial charge in [0, 0.05) is 29.6 Å². The number of anilines is 1. The predicted octanol–water partition coefficient (Wildman–Crippen LogP) is 3.17. The molecule has 1 aliphatic heterocycles. The Morgan fingerprint density at radius 3 is 2.71 bits per heavy atom. The molecular formula is C16H18N2O2S. The minimum atomic E-state index is -0.185. The fourth-order valence-corrected chi connectivity index (χ4v) is 3.67. The number of methoxy groups -OCH3 is 1. The average molecular weight is 302 g/mol. The highest BCUT2D eigenvalue weighted by Gasteiger charge is 2.16. The van der Waals surface area contributed by atoms with E-state index in [1.807, 2.05) is 24.3 Å². The lowest BCUT2D eigenvalue weighted by molar-refractivity contribution is 0.416. The van der Waals surface area contributed by atoms with Gasteiger partial charge in [-0.25, -0.2) is 0 Å². The molecule has 21 heavy (non-hydrogen) atoms. The zero-order chi connectivity index (χ0) is 14.7. The van der Waals surface area contributed by atoms with Gasteiger partial charge in [0.05, 0.1) is 7.11 Å². The molecule has 0 amide bonds. The van der Waals surface area contributed by atoms with E-state index in [1.54, 1.807) is 24.5 Å². The molecule has 0 bridgehead atoms. The molecule has 1 saturated heterocycles. The first-order valence-electron chi connectivity index (χ1n) is 7.18. The van der Waals surface area contributed by atoms with E-state index in [2.05, 4.69) is 9.88 Å². The highest BCUT2D eigenvalue weighted by Crippen LogP contribution is 2.34. The molecule has 2 heterocycles. The van der Waals surface area contributed by atoms with Crippen LogP contribution < -0.4 is 15.2 Å². The Kier molecular flexibility index (Phi) is 4.20. The zero-order valence-corrected chi connectivity index (χ0v) is 12.9. The van der Waals surface area contributed by atoms with Crippen molar-refractivity contribution in [2.75, 3.05) is 25.1 Å². The maximum atomic E-state index is 12.0. The molecule has 110 valence electrons. The van der Waals surface area contributed by atoms with Crippen molar-refractivity contribution in [2.24, 2.45) is 0 Å². The summed E-state index contributed by atoms with van der Waals surface area (Å²) in [5, 5.41) is 0.822. The summed E-state index contributed by atoms with van der Waals surface area (Å²) >= 11 is 1.56. The normalized spacial score (nSPS) is 15.0. The first-order chi connectivity index (χ1) is 10.3. The molecule has 0 saturated carbocycles. The molecule has 0 unspecified atom stereocenters. The first-order valence-corrected chi connectivity index (χ1v) is 8.00. The molecule has 0 aliphatic carbocycles. The SMILES string of the molecule is COc1ccccc1-c1cc(=O)nc(N2CCCCC2)s1. The van der Waals surface area contributed by atoms with Gasteiger partial charge in [-0.1, -0.05) is 23.5 Å². The second-order valence-electron chi connectivity index (χ2n) is 5.09. The van der Waals surface area contributed by atoms with Crippen molar-refractivity contribution < 1.29 is 4.74 Å². The maximum absolute atomic E-state index is 12.0. The van der Waals surface area contributed by atoms with Gasteiger partial charge < -0.3 is 9.64 Å². The Bertz CT molecular complexity index is 678. The monoisotopic (exact) mass is 302 g/mol. The molecule has 0 spiro atoms. The lowest BCUT2D eigenvalue weighted by atomic mass is 10.1. The summed E-state index contributed by atoms with van der Waals surface area (Å²) in [6.45, 7) is 1.97. The Labute approximate surface area is 128 Å². The van der Waals surface area contributed by atoms with Crippen LogP contribution in [0.15, 0.2) is 35.1 Å². The van der Waals surface area contributed by atoms with Crippen LogP contribution in [-0.4, -0.2) is 25.2 Å². The molecule has 1 aromatic carbocycles. The fourth-order valence-electron chi connectivity index (χ4n) is 2.59. The lowest BCUT2D eigenvalue weighted by Crippen LogP contribution is -2.30. The van der Waals surface area contributed by atoms with Crippen LogP contribution in [0.25, 0.3) is 10.4 Å². The van der Waals surface area contributed by atoms with E-state index in [9.17, 15) is 4.79 Å². The molecule has 4 nitrogen and oxygen atoms in total. The highest BCUT2D eigenvalue weighted by molar-refractivity contribution is 7.18. The van der Waals surface area contributed by atoms with E-state index in [0.29, 0.717) is 0 Å². The number of hydrogen-bond acceptors (Lipinski definition) is 5. The lowest BCUT2D eigenvalue weighted by Gasteiger charge is -2.27. The number of rotatable bonds is 3. The summed E-state index contributed by atoms with van der Waals surface area (Å²) in [6.07, 6.45) is 3.60. The smallest absolute Gasteiger partial charge is 0.273 e. The molecular weight excluding hydrogens is 284 g/mol. The standard InChI is InChI=1S/C16H18N2O2S/c1-20-13-8-4-3-7-12(13)14-11-15(19)17-16(21-14)18-9-5-2-6-10-18/h3-4,7-8,11H,2,5-6,9-10H2,1H3. The zero-order valence-electron chi connectivity index (χ0n) is 12.0. The van der Waals surface area contributed by atoms with Crippen molar-refractivity contribution >= 4 is 16.5 Å². The van der Waals surface area contributed by atoms with Gasteiger partial charge >= 0.3 is 0 Å². The van der Waals surface area contributed by atoms with Gasteiger partial charge in [0.15, 0.2) is 5.13 Å². The van der Waals surface area contributed by atoms with Gasteiger partial charge in [0.1, 0.15) is 5.75 Å². The summed E-state index contributed by atoms with van der Waals surface area (Å²) < 4.78 is 5.40. The Balaban J connectivity index is 2.03. The van der Waals surface area contributed by atoms with E-state index >= 15 is 0 Å². The second-order valence-corrected chi connectivity index (χ2v) is 6.10. The summed E-state index contributed by atoms with van der Waals surface area (Å²) in [5.41, 5.74) is 0.762. The number of nitrogens with zero attached hydrogens (tertiary/aromatic N) is 2. The van der Waals surface area contributed by atoms with E-state index in [4.69, 9.17) is 4.74 Å². The van der Waals surface area contributed by atoms with Crippen LogP contribution in [0.1, 0.15) is 19.3 Å². The first kappa shape index (κ1) is 14.1. The third-order valence-electron chi connectivity index (χ3n) is 3.66. The van der Waals surface area contributed by atoms with Crippen LogP contribution >= 0.6 is 11.3 Å². The van der Waals surface area contributed by atoms with Gasteiger partial charge in [0.2, 0.25) is 0 Å². The number of benzene rings is 1. The average Bonchev–Trinajstić information content (AvgIpc) is 2.55. The van der Waals surface area contributed by atoms with Crippen LogP contribution in [0.5, 0.6) is 5.75 Å². The summed E-state index contributed by atoms with van der Waals surface area (Å²) in [7, 11) is 1.65. The van der Waals surface area contributed by atoms with E-state index < -0.39 is 0 Å². The topological polar surface area (TPSA) is 42.4 Å². The number of ether oxygens (including phenoxy) is 1. The van der Waals surface area contributed by atoms with Gasteiger partial charge in [-0.15, -0.1) is 0 Å². The van der Waals surface area contributed by atoms with Gasteiger partial charge in [0.25, 0.3) is 5.56 Å². The minimum absolute atomic E-state index is 0.185. The van der Waals surface area contributed by atoms with Crippen LogP contribution in [0, 0.1) is 0 Å². The molecule has 1 aliphatic rings. The fraction of sp³-hybridized carbons (Fsp3) is 0.375. The van der Waals surface area contributed by atoms with E-state index in [1.165, 1.54) is 19.3 Å². The molecule has 1 fully saturated rings. The van der Waals surface area contributed by atoms with Crippen LogP contribution in [0.4, 0.5) is 5.13 Å². The summed E-state index contributed by atoms with van der Waals surface area (Å²) in [4.78, 5) is 19.3. The third kappa shape index (κ3) is 3.08. The predicted molar refractivity (Wildman–Crippen MR) is 86.4 cm³/mol. The van der Waals surface area contributed by atoms with Crippen molar-refractivity contribution in [1.29, 1.82) is 0 Å². The molecule has 0 atom stereocenters. The van der Waals surface area contributed by atoms with E-state index in [-0.39, 0.29) is 5.56 Å². The second kappa shape index (κ2) is 6.26. The van der Waals surface area contributed by atoms with Gasteiger partial charge in [-0.2, -0.15) is 4.98 Å². The largest absolute Gasteiger partial charge is 0.496 e. The summed E-state index contributed by atoms with van der Waals surface area (Å²) in [6, 6.07) is 9.36. The van der Waals surface area contributed by atoms with Crippen LogP contribution in [-0.2, 0) is 0 Å². The Morgan fingerprint density at radius 1 is 1.19 bits per heavy atom. The summed E-state index contributed by atoms with van der Waals surface area (Å²) in [5.74, 6) is 0.781.